The highest BCUT2D eigenvalue weighted by molar-refractivity contribution is 6.37. The summed E-state index contributed by atoms with van der Waals surface area (Å²) in [6.07, 6.45) is 0.910. The Balaban J connectivity index is 2.24. The van der Waals surface area contributed by atoms with Crippen molar-refractivity contribution in [1.82, 2.24) is 4.98 Å². The number of halogens is 2. The van der Waals surface area contributed by atoms with Crippen LogP contribution in [0.15, 0.2) is 6.07 Å². The molecule has 0 radical (unpaired) electrons. The van der Waals surface area contributed by atoms with E-state index in [1.165, 1.54) is 0 Å². The predicted molar refractivity (Wildman–Crippen MR) is 66.1 cm³/mol. The van der Waals surface area contributed by atoms with Crippen LogP contribution in [0.4, 0.5) is 11.6 Å². The number of pyridine rings is 1. The molecule has 1 atom stereocenters. The third-order valence-electron chi connectivity index (χ3n) is 2.60. The van der Waals surface area contributed by atoms with Crippen molar-refractivity contribution in [2.45, 2.75) is 18.9 Å². The highest BCUT2D eigenvalue weighted by Crippen LogP contribution is 2.31. The summed E-state index contributed by atoms with van der Waals surface area (Å²) in [5, 5.41) is 4.08. The van der Waals surface area contributed by atoms with E-state index in [1.54, 1.807) is 6.07 Å². The molecule has 1 aromatic heterocycles. The molecule has 0 spiro atoms. The van der Waals surface area contributed by atoms with E-state index in [1.807, 2.05) is 0 Å². The molecule has 0 bridgehead atoms. The fraction of sp³-hybridized carbons (Fsp3) is 0.500. The molecule has 2 heterocycles. The molecule has 0 saturated carbocycles. The van der Waals surface area contributed by atoms with Gasteiger partial charge in [0, 0.05) is 6.61 Å². The highest BCUT2D eigenvalue weighted by atomic mass is 35.5. The molecule has 1 saturated heterocycles. The van der Waals surface area contributed by atoms with Crippen molar-refractivity contribution in [2.75, 3.05) is 24.3 Å². The predicted octanol–water partition coefficient (Wildman–Crippen LogP) is 2.56. The number of hydrogen-bond donors (Lipinski definition) is 2. The van der Waals surface area contributed by atoms with E-state index in [0.29, 0.717) is 22.5 Å². The molecule has 0 aliphatic carbocycles. The summed E-state index contributed by atoms with van der Waals surface area (Å²) in [5.41, 5.74) is 5.49. The zero-order valence-electron chi connectivity index (χ0n) is 8.89. The maximum absolute atomic E-state index is 6.04. The Morgan fingerprint density at radius 2 is 2.25 bits per heavy atom. The zero-order valence-corrected chi connectivity index (χ0v) is 10.4. The fourth-order valence-electron chi connectivity index (χ4n) is 1.62. The highest BCUT2D eigenvalue weighted by Gasteiger charge is 2.30. The van der Waals surface area contributed by atoms with Gasteiger partial charge in [-0.1, -0.05) is 23.2 Å². The first-order chi connectivity index (χ1) is 7.50. The molecule has 6 heteroatoms. The lowest BCUT2D eigenvalue weighted by molar-refractivity contribution is 0.185. The molecule has 4 nitrogen and oxygen atoms in total. The van der Waals surface area contributed by atoms with E-state index in [9.17, 15) is 0 Å². The minimum absolute atomic E-state index is 0.142. The Morgan fingerprint density at radius 1 is 1.50 bits per heavy atom. The summed E-state index contributed by atoms with van der Waals surface area (Å²) in [6.45, 7) is 3.43. The number of nitrogens with one attached hydrogen (secondary N) is 1. The summed E-state index contributed by atoms with van der Waals surface area (Å²) in [7, 11) is 0. The number of rotatable bonds is 2. The summed E-state index contributed by atoms with van der Waals surface area (Å²) in [6, 6.07) is 1.59. The van der Waals surface area contributed by atoms with Crippen LogP contribution in [0.1, 0.15) is 13.3 Å². The molecule has 1 aromatic rings. The van der Waals surface area contributed by atoms with Gasteiger partial charge in [0.15, 0.2) is 0 Å². The van der Waals surface area contributed by atoms with Crippen molar-refractivity contribution in [3.8, 4) is 0 Å². The molecular weight excluding hydrogens is 249 g/mol. The van der Waals surface area contributed by atoms with Gasteiger partial charge in [-0.05, 0) is 19.4 Å². The van der Waals surface area contributed by atoms with Crippen molar-refractivity contribution in [3.63, 3.8) is 0 Å². The number of nitrogens with two attached hydrogens (primary N) is 1. The topological polar surface area (TPSA) is 60.2 Å². The third kappa shape index (κ3) is 2.34. The van der Waals surface area contributed by atoms with Gasteiger partial charge in [0.05, 0.1) is 22.2 Å². The molecule has 1 aliphatic heterocycles. The second kappa shape index (κ2) is 4.28. The van der Waals surface area contributed by atoms with Crippen molar-refractivity contribution in [1.29, 1.82) is 0 Å². The normalized spacial score (nSPS) is 24.7. The van der Waals surface area contributed by atoms with Crippen LogP contribution in [0.5, 0.6) is 0 Å². The number of anilines is 2. The van der Waals surface area contributed by atoms with E-state index in [-0.39, 0.29) is 11.4 Å². The van der Waals surface area contributed by atoms with Gasteiger partial charge in [0.2, 0.25) is 0 Å². The maximum Gasteiger partial charge on any atom is 0.147 e. The molecule has 0 amide bonds. The molecular formula is C10H13Cl2N3O. The van der Waals surface area contributed by atoms with Gasteiger partial charge in [-0.15, -0.1) is 0 Å². The Bertz CT molecular complexity index is 405. The Kier molecular flexibility index (Phi) is 3.15. The molecule has 3 N–H and O–H groups in total. The molecule has 16 heavy (non-hydrogen) atoms. The number of nitrogens with zero attached hydrogens (tertiary/aromatic N) is 1. The van der Waals surface area contributed by atoms with E-state index in [0.717, 1.165) is 13.0 Å². The monoisotopic (exact) mass is 261 g/mol. The van der Waals surface area contributed by atoms with Gasteiger partial charge in [0.1, 0.15) is 11.6 Å². The first kappa shape index (κ1) is 11.8. The molecule has 1 unspecified atom stereocenters. The average Bonchev–Trinajstić information content (AvgIpc) is 2.62. The van der Waals surface area contributed by atoms with Crippen LogP contribution in [-0.4, -0.2) is 23.7 Å². The lowest BCUT2D eigenvalue weighted by atomic mass is 10.0. The lowest BCUT2D eigenvalue weighted by Gasteiger charge is -2.25. The second-order valence-electron chi connectivity index (χ2n) is 4.17. The van der Waals surface area contributed by atoms with Crippen molar-refractivity contribution in [2.24, 2.45) is 0 Å². The summed E-state index contributed by atoms with van der Waals surface area (Å²) >= 11 is 11.8. The standard InChI is InChI=1S/C10H13Cl2N3O/c1-10(2-3-16-5-10)15-9-7(12)4-6(11)8(13)14-9/h4H,2-3,5H2,1H3,(H3,13,14,15). The van der Waals surface area contributed by atoms with Gasteiger partial charge < -0.3 is 15.8 Å². The van der Waals surface area contributed by atoms with E-state index >= 15 is 0 Å². The van der Waals surface area contributed by atoms with E-state index in [4.69, 9.17) is 33.7 Å². The van der Waals surface area contributed by atoms with Crippen LogP contribution >= 0.6 is 23.2 Å². The molecule has 1 fully saturated rings. The van der Waals surface area contributed by atoms with Crippen LogP contribution < -0.4 is 11.1 Å². The minimum Gasteiger partial charge on any atom is -0.382 e. The lowest BCUT2D eigenvalue weighted by Crippen LogP contribution is -2.35. The van der Waals surface area contributed by atoms with Gasteiger partial charge in [-0.2, -0.15) is 0 Å². The number of aromatic nitrogens is 1. The van der Waals surface area contributed by atoms with Crippen LogP contribution in [0, 0.1) is 0 Å². The van der Waals surface area contributed by atoms with Crippen molar-refractivity contribution >= 4 is 34.8 Å². The Morgan fingerprint density at radius 3 is 2.88 bits per heavy atom. The van der Waals surface area contributed by atoms with Crippen molar-refractivity contribution in [3.05, 3.63) is 16.1 Å². The van der Waals surface area contributed by atoms with Gasteiger partial charge in [-0.3, -0.25) is 0 Å². The summed E-state index contributed by atoms with van der Waals surface area (Å²) < 4.78 is 5.34. The average molecular weight is 262 g/mol. The van der Waals surface area contributed by atoms with Gasteiger partial charge >= 0.3 is 0 Å². The maximum atomic E-state index is 6.04. The van der Waals surface area contributed by atoms with Crippen LogP contribution in [0.2, 0.25) is 10.0 Å². The molecule has 88 valence electrons. The smallest absolute Gasteiger partial charge is 0.147 e. The SMILES string of the molecule is CC1(Nc2nc(N)c(Cl)cc2Cl)CCOC1. The fourth-order valence-corrected chi connectivity index (χ4v) is 2.03. The number of hydrogen-bond acceptors (Lipinski definition) is 4. The second-order valence-corrected chi connectivity index (χ2v) is 4.99. The first-order valence-corrected chi connectivity index (χ1v) is 5.73. The van der Waals surface area contributed by atoms with Gasteiger partial charge in [0.25, 0.3) is 0 Å². The number of nitrogen functional groups attached to an aromatic ring is 1. The quantitative estimate of drug-likeness (QED) is 0.859. The Labute approximate surface area is 104 Å². The van der Waals surface area contributed by atoms with E-state index in [2.05, 4.69) is 17.2 Å². The van der Waals surface area contributed by atoms with Crippen LogP contribution in [-0.2, 0) is 4.74 Å². The molecule has 2 rings (SSSR count). The van der Waals surface area contributed by atoms with Gasteiger partial charge in [-0.25, -0.2) is 4.98 Å². The van der Waals surface area contributed by atoms with Crippen molar-refractivity contribution < 1.29 is 4.74 Å². The largest absolute Gasteiger partial charge is 0.382 e. The zero-order chi connectivity index (χ0) is 11.8. The molecule has 0 aromatic carbocycles. The van der Waals surface area contributed by atoms with Crippen LogP contribution in [0.25, 0.3) is 0 Å². The van der Waals surface area contributed by atoms with E-state index < -0.39 is 0 Å². The molecule has 1 aliphatic rings. The number of ether oxygens (including phenoxy) is 1. The van der Waals surface area contributed by atoms with Crippen LogP contribution in [0.3, 0.4) is 0 Å². The summed E-state index contributed by atoms with van der Waals surface area (Å²) in [5.74, 6) is 0.827. The summed E-state index contributed by atoms with van der Waals surface area (Å²) in [4.78, 5) is 4.13. The first-order valence-electron chi connectivity index (χ1n) is 4.98. The Hall–Kier alpha value is -0.710. The minimum atomic E-state index is -0.142. The third-order valence-corrected chi connectivity index (χ3v) is 3.19.